The number of alkyl halides is 2. The molecule has 1 aromatic carbocycles. The van der Waals surface area contributed by atoms with Crippen molar-refractivity contribution in [2.75, 3.05) is 13.7 Å². The number of nitrogens with zero attached hydrogens (tertiary/aromatic N) is 4. The molecular weight excluding hydrogens is 473 g/mol. The highest BCUT2D eigenvalue weighted by Crippen LogP contribution is 2.26. The first-order chi connectivity index (χ1) is 12.5. The molecule has 0 aliphatic carbocycles. The summed E-state index contributed by atoms with van der Waals surface area (Å²) in [5, 5.41) is 10.2. The zero-order valence-corrected chi connectivity index (χ0v) is 17.6. The van der Waals surface area contributed by atoms with Gasteiger partial charge in [-0.25, -0.2) is 9.98 Å². The number of aromatic nitrogens is 3. The van der Waals surface area contributed by atoms with Crippen LogP contribution in [0.4, 0.5) is 8.78 Å². The van der Waals surface area contributed by atoms with E-state index in [2.05, 4.69) is 30.4 Å². The number of aryl methyl sites for hydroxylation is 1. The molecule has 0 aliphatic rings. The van der Waals surface area contributed by atoms with Gasteiger partial charge in [0.2, 0.25) is 0 Å². The van der Waals surface area contributed by atoms with Crippen LogP contribution in [0.25, 0.3) is 0 Å². The number of hydrogen-bond donors (Lipinski definition) is 2. The predicted octanol–water partition coefficient (Wildman–Crippen LogP) is 2.30. The third-order valence-corrected chi connectivity index (χ3v) is 3.45. The van der Waals surface area contributed by atoms with Crippen molar-refractivity contribution in [3.05, 3.63) is 35.9 Å². The average molecular weight is 496 g/mol. The smallest absolute Gasteiger partial charge is 0.387 e. The standard InChI is InChI=1S/C16H22F2N6O2.HI/c1-4-19-16(21-9-14-22-10-23-24(14)2)20-8-11-7-12(25-3)5-6-13(11)26-15(17)18;/h5-7,10,15H,4,8-9H2,1-3H3,(H2,19,20,21);1H. The Hall–Kier alpha value is -2.18. The first-order valence-electron chi connectivity index (χ1n) is 8.00. The van der Waals surface area contributed by atoms with Gasteiger partial charge in [0.25, 0.3) is 0 Å². The third-order valence-electron chi connectivity index (χ3n) is 3.45. The molecule has 0 fully saturated rings. The van der Waals surface area contributed by atoms with Crippen molar-refractivity contribution in [2.45, 2.75) is 26.6 Å². The predicted molar refractivity (Wildman–Crippen MR) is 108 cm³/mol. The van der Waals surface area contributed by atoms with Crippen molar-refractivity contribution >= 4 is 29.9 Å². The highest BCUT2D eigenvalue weighted by atomic mass is 127. The van der Waals surface area contributed by atoms with Gasteiger partial charge in [-0.3, -0.25) is 4.68 Å². The number of benzene rings is 1. The van der Waals surface area contributed by atoms with Crippen molar-refractivity contribution in [1.29, 1.82) is 0 Å². The van der Waals surface area contributed by atoms with Crippen molar-refractivity contribution in [1.82, 2.24) is 25.4 Å². The third kappa shape index (κ3) is 7.15. The van der Waals surface area contributed by atoms with Crippen LogP contribution in [0, 0.1) is 0 Å². The van der Waals surface area contributed by atoms with Crippen molar-refractivity contribution in [2.24, 2.45) is 12.0 Å². The second-order valence-corrected chi connectivity index (χ2v) is 5.20. The Morgan fingerprint density at radius 2 is 2.11 bits per heavy atom. The molecule has 0 saturated heterocycles. The van der Waals surface area contributed by atoms with Gasteiger partial charge in [0, 0.05) is 19.2 Å². The molecule has 0 spiro atoms. The second-order valence-electron chi connectivity index (χ2n) is 5.20. The molecule has 2 rings (SSSR count). The van der Waals surface area contributed by atoms with Gasteiger partial charge in [-0.05, 0) is 25.1 Å². The van der Waals surface area contributed by atoms with Crippen molar-refractivity contribution in [3.8, 4) is 11.5 Å². The van der Waals surface area contributed by atoms with Crippen LogP contribution in [-0.2, 0) is 20.1 Å². The molecule has 0 atom stereocenters. The summed E-state index contributed by atoms with van der Waals surface area (Å²) in [6.07, 6.45) is 1.46. The Kier molecular flexibility index (Phi) is 9.75. The Balaban J connectivity index is 0.00000364. The van der Waals surface area contributed by atoms with Gasteiger partial charge < -0.3 is 20.1 Å². The van der Waals surface area contributed by atoms with E-state index in [9.17, 15) is 8.78 Å². The summed E-state index contributed by atoms with van der Waals surface area (Å²) < 4.78 is 36.5. The molecule has 1 heterocycles. The minimum atomic E-state index is -2.91. The quantitative estimate of drug-likeness (QED) is 0.332. The molecule has 0 unspecified atom stereocenters. The zero-order valence-electron chi connectivity index (χ0n) is 15.3. The van der Waals surface area contributed by atoms with Gasteiger partial charge in [0.1, 0.15) is 23.7 Å². The Labute approximate surface area is 173 Å². The normalized spacial score (nSPS) is 11.1. The van der Waals surface area contributed by atoms with Crippen LogP contribution in [0.3, 0.4) is 0 Å². The first kappa shape index (κ1) is 22.9. The van der Waals surface area contributed by atoms with E-state index in [1.165, 1.54) is 19.5 Å². The van der Waals surface area contributed by atoms with E-state index >= 15 is 0 Å². The number of guanidine groups is 1. The number of rotatable bonds is 8. The lowest BCUT2D eigenvalue weighted by Gasteiger charge is -2.13. The minimum Gasteiger partial charge on any atom is -0.497 e. The van der Waals surface area contributed by atoms with Gasteiger partial charge in [0.05, 0.1) is 20.2 Å². The number of nitrogens with one attached hydrogen (secondary N) is 2. The molecule has 2 N–H and O–H groups in total. The number of aliphatic imine (C=N–C) groups is 1. The Morgan fingerprint density at radius 3 is 2.70 bits per heavy atom. The maximum atomic E-state index is 12.6. The topological polar surface area (TPSA) is 85.6 Å². The van der Waals surface area contributed by atoms with E-state index in [0.29, 0.717) is 30.4 Å². The van der Waals surface area contributed by atoms with Gasteiger partial charge in [-0.15, -0.1) is 24.0 Å². The van der Waals surface area contributed by atoms with Crippen LogP contribution in [0.2, 0.25) is 0 Å². The summed E-state index contributed by atoms with van der Waals surface area (Å²) in [7, 11) is 3.29. The molecule has 0 aliphatic heterocycles. The first-order valence-corrected chi connectivity index (χ1v) is 8.00. The fraction of sp³-hybridized carbons (Fsp3) is 0.438. The van der Waals surface area contributed by atoms with Crippen LogP contribution in [-0.4, -0.2) is 41.0 Å². The number of ether oxygens (including phenoxy) is 2. The molecule has 2 aromatic rings. The monoisotopic (exact) mass is 496 g/mol. The lowest BCUT2D eigenvalue weighted by Crippen LogP contribution is -2.37. The van der Waals surface area contributed by atoms with E-state index in [1.54, 1.807) is 23.9 Å². The Morgan fingerprint density at radius 1 is 1.33 bits per heavy atom. The minimum absolute atomic E-state index is 0. The Bertz CT molecular complexity index is 741. The maximum absolute atomic E-state index is 12.6. The molecule has 1 aromatic heterocycles. The largest absolute Gasteiger partial charge is 0.497 e. The number of methoxy groups -OCH3 is 1. The molecular formula is C16H23F2IN6O2. The fourth-order valence-electron chi connectivity index (χ4n) is 2.17. The van der Waals surface area contributed by atoms with Crippen molar-refractivity contribution in [3.63, 3.8) is 0 Å². The summed E-state index contributed by atoms with van der Waals surface area (Å²) in [5.74, 6) is 1.85. The van der Waals surface area contributed by atoms with Crippen LogP contribution < -0.4 is 20.1 Å². The molecule has 0 saturated carbocycles. The average Bonchev–Trinajstić information content (AvgIpc) is 3.03. The summed E-state index contributed by atoms with van der Waals surface area (Å²) in [6, 6.07) is 4.62. The van der Waals surface area contributed by atoms with Gasteiger partial charge in [-0.1, -0.05) is 0 Å². The summed E-state index contributed by atoms with van der Waals surface area (Å²) in [5.41, 5.74) is 0.487. The maximum Gasteiger partial charge on any atom is 0.387 e. The molecule has 27 heavy (non-hydrogen) atoms. The molecule has 8 nitrogen and oxygen atoms in total. The zero-order chi connectivity index (χ0) is 18.9. The van der Waals surface area contributed by atoms with E-state index in [0.717, 1.165) is 5.82 Å². The van der Waals surface area contributed by atoms with Crippen LogP contribution in [0.15, 0.2) is 29.5 Å². The molecule has 0 bridgehead atoms. The molecule has 0 amide bonds. The number of hydrogen-bond acceptors (Lipinski definition) is 5. The van der Waals surface area contributed by atoms with Crippen LogP contribution in [0.1, 0.15) is 18.3 Å². The molecule has 11 heteroatoms. The van der Waals surface area contributed by atoms with Gasteiger partial charge in [-0.2, -0.15) is 13.9 Å². The van der Waals surface area contributed by atoms with Crippen molar-refractivity contribution < 1.29 is 18.3 Å². The number of halogens is 3. The lowest BCUT2D eigenvalue weighted by molar-refractivity contribution is -0.0504. The van der Waals surface area contributed by atoms with E-state index < -0.39 is 6.61 Å². The van der Waals surface area contributed by atoms with Gasteiger partial charge >= 0.3 is 6.61 Å². The highest BCUT2D eigenvalue weighted by Gasteiger charge is 2.11. The lowest BCUT2D eigenvalue weighted by atomic mass is 10.2. The van der Waals surface area contributed by atoms with Gasteiger partial charge in [0.15, 0.2) is 5.96 Å². The van der Waals surface area contributed by atoms with Crippen LogP contribution in [0.5, 0.6) is 11.5 Å². The molecule has 0 radical (unpaired) electrons. The highest BCUT2D eigenvalue weighted by molar-refractivity contribution is 14.0. The molecule has 150 valence electrons. The van der Waals surface area contributed by atoms with E-state index in [-0.39, 0.29) is 36.3 Å². The van der Waals surface area contributed by atoms with E-state index in [1.807, 2.05) is 6.92 Å². The summed E-state index contributed by atoms with van der Waals surface area (Å²) >= 11 is 0. The van der Waals surface area contributed by atoms with Crippen LogP contribution >= 0.6 is 24.0 Å². The SMILES string of the molecule is CCNC(=NCc1cc(OC)ccc1OC(F)F)NCc1ncnn1C.I. The second kappa shape index (κ2) is 11.5. The van der Waals surface area contributed by atoms with E-state index in [4.69, 9.17) is 4.74 Å². The fourth-order valence-corrected chi connectivity index (χ4v) is 2.17. The summed E-state index contributed by atoms with van der Waals surface area (Å²) in [4.78, 5) is 8.54. The summed E-state index contributed by atoms with van der Waals surface area (Å²) in [6.45, 7) is 0.210.